The maximum absolute atomic E-state index is 14.2. The van der Waals surface area contributed by atoms with Crippen molar-refractivity contribution < 1.29 is 107 Å². The van der Waals surface area contributed by atoms with E-state index < -0.39 is 231 Å². The van der Waals surface area contributed by atoms with Crippen molar-refractivity contribution in [2.24, 2.45) is 23.5 Å². The van der Waals surface area contributed by atoms with E-state index in [2.05, 4.69) is 89.7 Å². The van der Waals surface area contributed by atoms with Gasteiger partial charge in [-0.25, -0.2) is 4.98 Å². The van der Waals surface area contributed by atoms with Crippen LogP contribution in [-0.4, -0.2) is 247 Å². The molecule has 616 valence electrons. The minimum absolute atomic E-state index is 0.0386. The number of aliphatic hydroxyl groups is 2. The molecule has 1 saturated heterocycles. The number of aromatic nitrogens is 2. The van der Waals surface area contributed by atoms with Gasteiger partial charge in [0.05, 0.1) is 51.1 Å². The van der Waals surface area contributed by atoms with Crippen molar-refractivity contribution in [1.82, 2.24) is 89.7 Å². The maximum atomic E-state index is 14.2. The number of amides is 15. The van der Waals surface area contributed by atoms with E-state index in [1.54, 1.807) is 65.0 Å². The fourth-order valence-corrected chi connectivity index (χ4v) is 11.3. The summed E-state index contributed by atoms with van der Waals surface area (Å²) >= 11 is 0. The minimum atomic E-state index is -1.92. The quantitative estimate of drug-likeness (QED) is 0.0250. The number of nitrogens with one attached hydrogen (secondary N) is 16. The van der Waals surface area contributed by atoms with Gasteiger partial charge in [0.25, 0.3) is 0 Å². The van der Waals surface area contributed by atoms with E-state index in [0.717, 1.165) is 6.92 Å². The van der Waals surface area contributed by atoms with Crippen molar-refractivity contribution in [2.45, 2.75) is 205 Å². The number of aliphatic hydroxyl groups excluding tert-OH is 2. The Hall–Kier alpha value is -11.7. The van der Waals surface area contributed by atoms with Gasteiger partial charge in [0.2, 0.25) is 88.6 Å². The second-order valence-corrected chi connectivity index (χ2v) is 28.0. The predicted molar refractivity (Wildman–Crippen MR) is 397 cm³/mol. The van der Waals surface area contributed by atoms with Crippen molar-refractivity contribution in [1.29, 1.82) is 0 Å². The van der Waals surface area contributed by atoms with Crippen LogP contribution >= 0.6 is 0 Å². The fraction of sp³-hybridized carbons (Fsp3) is 0.556. The molecule has 0 aliphatic carbocycles. The number of carbonyl (C=O) groups excluding carboxylic acids is 15. The molecule has 0 spiro atoms. The highest BCUT2D eigenvalue weighted by molar-refractivity contribution is 6.00. The number of phenols is 1. The Morgan fingerprint density at radius 3 is 1.47 bits per heavy atom. The number of benzene rings is 2. The first-order valence-corrected chi connectivity index (χ1v) is 36.6. The van der Waals surface area contributed by atoms with E-state index in [1.165, 1.54) is 50.6 Å². The smallest absolute Gasteiger partial charge is 0.325 e. The molecule has 112 heavy (non-hydrogen) atoms. The van der Waals surface area contributed by atoms with E-state index in [-0.39, 0.29) is 56.1 Å². The van der Waals surface area contributed by atoms with Crippen LogP contribution in [0.4, 0.5) is 0 Å². The average molecular weight is 1580 g/mol. The summed E-state index contributed by atoms with van der Waals surface area (Å²) in [7, 11) is 0. The molecule has 1 fully saturated rings. The number of aromatic hydroxyl groups is 1. The first-order valence-electron chi connectivity index (χ1n) is 36.6. The van der Waals surface area contributed by atoms with Crippen LogP contribution in [0.3, 0.4) is 0 Å². The minimum Gasteiger partial charge on any atom is -0.508 e. The summed E-state index contributed by atoms with van der Waals surface area (Å²) in [5.41, 5.74) is 6.81. The van der Waals surface area contributed by atoms with E-state index >= 15 is 0 Å². The molecule has 1 aliphatic heterocycles. The van der Waals surface area contributed by atoms with Crippen molar-refractivity contribution >= 4 is 101 Å². The SMILES string of the molecule is CC[C@H](C)[C@H](NC(=O)[C@H](CCC(N)=O)NC(=O)[C@H](CC(=O)O)NC(=O)[C@H](Cc1ccc(O)cc1)NC(=O)[C@@H]1CCCN1)C(=O)N[C@H](C(=O)NCC(=O)N[C@@H](CC(C)C)C(=O)N[C@@H](Cc1cnc[nH]1)C(=O)NCC(=O)N[C@@H](CC(C)C)C(=O)N[C@@H](CO)C(=O)NCC(=O)N[C@@H](Cc1ccccc1)C(=O)N[C@@H](C)C(=O)O)[C@@H](C)O. The van der Waals surface area contributed by atoms with Gasteiger partial charge in [0.15, 0.2) is 0 Å². The number of H-pyrrole nitrogens is 1. The number of aromatic amines is 1. The summed E-state index contributed by atoms with van der Waals surface area (Å²) in [5, 5.41) is 86.8. The van der Waals surface area contributed by atoms with Gasteiger partial charge in [-0.1, -0.05) is 90.4 Å². The van der Waals surface area contributed by atoms with Crippen molar-refractivity contribution in [3.8, 4) is 5.75 Å². The van der Waals surface area contributed by atoms with Crippen molar-refractivity contribution in [2.75, 3.05) is 32.8 Å². The number of imidazole rings is 1. The van der Waals surface area contributed by atoms with Crippen molar-refractivity contribution in [3.05, 3.63) is 83.9 Å². The first kappa shape index (κ1) is 92.7. The first-order chi connectivity index (χ1) is 52.9. The van der Waals surface area contributed by atoms with Crippen LogP contribution in [0.15, 0.2) is 67.1 Å². The number of rotatable bonds is 48. The summed E-state index contributed by atoms with van der Waals surface area (Å²) < 4.78 is 0. The number of phenolic OH excluding ortho intramolecular Hbond substituents is 1. The molecule has 2 aromatic carbocycles. The molecule has 14 atom stereocenters. The number of nitrogens with two attached hydrogens (primary N) is 1. The zero-order chi connectivity index (χ0) is 83.5. The zero-order valence-electron chi connectivity index (χ0n) is 63.6. The highest BCUT2D eigenvalue weighted by atomic mass is 16.4. The maximum Gasteiger partial charge on any atom is 0.325 e. The third kappa shape index (κ3) is 32.9. The normalized spacial score (nSPS) is 15.9. The van der Waals surface area contributed by atoms with Crippen LogP contribution in [0.2, 0.25) is 0 Å². The molecule has 0 radical (unpaired) electrons. The third-order valence-electron chi connectivity index (χ3n) is 17.6. The van der Waals surface area contributed by atoms with Gasteiger partial charge in [-0.15, -0.1) is 0 Å². The molecule has 15 amide bonds. The Morgan fingerprint density at radius 2 is 0.982 bits per heavy atom. The molecule has 0 saturated carbocycles. The number of carbonyl (C=O) groups is 17. The summed E-state index contributed by atoms with van der Waals surface area (Å²) in [4.78, 5) is 234. The molecule has 4 rings (SSSR count). The van der Waals surface area contributed by atoms with Gasteiger partial charge in [0.1, 0.15) is 72.2 Å². The summed E-state index contributed by atoms with van der Waals surface area (Å²) in [5.74, 6) is -19.0. The standard InChI is InChI=1S/C72H106N18O22/c1-9-38(6)59(89-64(103)46(21-22-54(73)94)84-69(108)52(29-58(98)99)87-68(107)50(27-42-17-19-44(93)20-18-42)85-63(102)45-16-13-23-75-45)71(110)90-60(40(8)92)70(109)78-33-57(97)81-47(24-36(2)3)66(105)86-51(28-43-30-74-35-79-43)61(100)76-31-55(95)82-48(25-37(4)5)67(106)88-53(34-91)62(101)77-32-56(96)83-49(26-41-14-11-10-12-15-41)65(104)80-39(7)72(111)112/h10-12,14-15,17-20,30,35-40,45-53,59-60,75,91-93H,9,13,16,21-29,31-34H2,1-8H3,(H2,73,94)(H,74,79)(H,76,100)(H,77,101)(H,78,109)(H,80,104)(H,81,97)(H,82,95)(H,83,96)(H,84,108)(H,85,102)(H,86,105)(H,87,107)(H,88,106)(H,89,103)(H,90,110)(H,98,99)(H,111,112)/t38-,39-,40+,45-,46-,47-,48-,49-,50-,51-,52-,53-,59-,60-/m0/s1. The number of aliphatic carboxylic acids is 2. The van der Waals surface area contributed by atoms with Gasteiger partial charge in [-0.3, -0.25) is 81.5 Å². The van der Waals surface area contributed by atoms with Gasteiger partial charge in [-0.05, 0) is 93.5 Å². The lowest BCUT2D eigenvalue weighted by Gasteiger charge is -2.29. The Morgan fingerprint density at radius 1 is 0.518 bits per heavy atom. The van der Waals surface area contributed by atoms with Crippen LogP contribution < -0.4 is 85.5 Å². The fourth-order valence-electron chi connectivity index (χ4n) is 11.3. The van der Waals surface area contributed by atoms with Crippen LogP contribution in [0, 0.1) is 17.8 Å². The Bertz CT molecular complexity index is 3730. The molecular formula is C72H106N18O22. The average Bonchev–Trinajstić information content (AvgIpc) is 0.974. The summed E-state index contributed by atoms with van der Waals surface area (Å²) in [6.45, 7) is 9.43. The molecule has 0 bridgehead atoms. The van der Waals surface area contributed by atoms with E-state index in [9.17, 15) is 107 Å². The van der Waals surface area contributed by atoms with E-state index in [1.807, 2.05) is 0 Å². The lowest BCUT2D eigenvalue weighted by molar-refractivity contribution is -0.142. The Kier molecular flexibility index (Phi) is 38.7. The number of hydrogen-bond acceptors (Lipinski definition) is 22. The summed E-state index contributed by atoms with van der Waals surface area (Å²) in [6.07, 6.45) is -0.505. The Balaban J connectivity index is 1.41. The van der Waals surface area contributed by atoms with Gasteiger partial charge in [-0.2, -0.15) is 0 Å². The number of carboxylic acids is 2. The molecule has 23 N–H and O–H groups in total. The highest BCUT2D eigenvalue weighted by Crippen LogP contribution is 2.16. The lowest BCUT2D eigenvalue weighted by atomic mass is 9.96. The van der Waals surface area contributed by atoms with Crippen LogP contribution in [0.5, 0.6) is 5.75 Å². The molecule has 3 aromatic rings. The second-order valence-electron chi connectivity index (χ2n) is 28.0. The van der Waals surface area contributed by atoms with Crippen LogP contribution in [-0.2, 0) is 101 Å². The molecule has 40 nitrogen and oxygen atoms in total. The summed E-state index contributed by atoms with van der Waals surface area (Å²) in [6, 6.07) is -3.65. The zero-order valence-corrected chi connectivity index (χ0v) is 63.6. The van der Waals surface area contributed by atoms with Crippen LogP contribution in [0.25, 0.3) is 0 Å². The number of hydrogen-bond donors (Lipinski definition) is 22. The largest absolute Gasteiger partial charge is 0.508 e. The van der Waals surface area contributed by atoms with Gasteiger partial charge in [0, 0.05) is 37.6 Å². The third-order valence-corrected chi connectivity index (χ3v) is 17.6. The molecule has 1 aliphatic rings. The molecule has 2 heterocycles. The number of primary amides is 1. The lowest BCUT2D eigenvalue weighted by Crippen LogP contribution is -2.62. The molecule has 0 unspecified atom stereocenters. The van der Waals surface area contributed by atoms with Crippen LogP contribution in [0.1, 0.15) is 124 Å². The molecule has 40 heteroatoms. The Labute approximate surface area is 645 Å². The van der Waals surface area contributed by atoms with E-state index in [4.69, 9.17) is 5.73 Å². The number of carboxylic acid groups (broad SMARTS) is 2. The van der Waals surface area contributed by atoms with Gasteiger partial charge < -0.3 is 116 Å². The predicted octanol–water partition coefficient (Wildman–Crippen LogP) is -6.07. The number of nitrogens with zero attached hydrogens (tertiary/aromatic N) is 1. The molecule has 1 aromatic heterocycles. The monoisotopic (exact) mass is 1570 g/mol. The van der Waals surface area contributed by atoms with Gasteiger partial charge >= 0.3 is 11.9 Å². The highest BCUT2D eigenvalue weighted by Gasteiger charge is 2.38. The van der Waals surface area contributed by atoms with E-state index in [0.29, 0.717) is 36.2 Å². The van der Waals surface area contributed by atoms with Crippen molar-refractivity contribution in [3.63, 3.8) is 0 Å². The molecular weight excluding hydrogens is 1470 g/mol. The second kappa shape index (κ2) is 46.7. The topological polar surface area (TPSA) is 626 Å².